The van der Waals surface area contributed by atoms with Crippen molar-refractivity contribution < 1.29 is 14.2 Å². The zero-order valence-corrected chi connectivity index (χ0v) is 17.2. The Balaban J connectivity index is 2.04. The number of hydrogen-bond acceptors (Lipinski definition) is 3. The van der Waals surface area contributed by atoms with Gasteiger partial charge in [-0.2, -0.15) is 0 Å². The monoisotopic (exact) mass is 356 g/mol. The normalized spacial score (nSPS) is 12.0. The van der Waals surface area contributed by atoms with Crippen LogP contribution in [-0.2, 0) is 10.8 Å². The Morgan fingerprint density at radius 2 is 1.46 bits per heavy atom. The van der Waals surface area contributed by atoms with Gasteiger partial charge in [0, 0.05) is 0 Å². The second kappa shape index (κ2) is 8.03. The number of ether oxygens (including phenoxy) is 3. The third kappa shape index (κ3) is 4.94. The molecule has 0 aliphatic heterocycles. The van der Waals surface area contributed by atoms with E-state index in [1.165, 1.54) is 11.1 Å². The molecule has 0 radical (unpaired) electrons. The topological polar surface area (TPSA) is 27.7 Å². The maximum atomic E-state index is 6.04. The largest absolute Gasteiger partial charge is 0.494 e. The van der Waals surface area contributed by atoms with Gasteiger partial charge in [0.2, 0.25) is 0 Å². The zero-order chi connectivity index (χ0) is 19.4. The van der Waals surface area contributed by atoms with Gasteiger partial charge in [-0.05, 0) is 52.6 Å². The molecule has 2 aromatic carbocycles. The Morgan fingerprint density at radius 1 is 0.769 bits per heavy atom. The Labute approximate surface area is 158 Å². The van der Waals surface area contributed by atoms with Crippen molar-refractivity contribution in [3.8, 4) is 17.2 Å². The van der Waals surface area contributed by atoms with Crippen molar-refractivity contribution in [1.82, 2.24) is 0 Å². The molecular weight excluding hydrogens is 324 g/mol. The van der Waals surface area contributed by atoms with Gasteiger partial charge in [0.15, 0.2) is 11.5 Å². The van der Waals surface area contributed by atoms with Crippen molar-refractivity contribution in [2.45, 2.75) is 51.9 Å². The molecule has 3 nitrogen and oxygen atoms in total. The van der Waals surface area contributed by atoms with Crippen molar-refractivity contribution in [2.24, 2.45) is 0 Å². The molecular formula is C23H32O3. The SMILES string of the molecule is COc1ccc(C(C)(C)CCOc2cccc(C(C)(C)C)c2)cc1OC. The van der Waals surface area contributed by atoms with E-state index < -0.39 is 0 Å². The molecule has 0 saturated carbocycles. The van der Waals surface area contributed by atoms with Gasteiger partial charge in [-0.15, -0.1) is 0 Å². The molecule has 0 aliphatic carbocycles. The van der Waals surface area contributed by atoms with Crippen LogP contribution in [-0.4, -0.2) is 20.8 Å². The second-order valence-corrected chi connectivity index (χ2v) is 8.33. The standard InChI is InChI=1S/C23H32O3/c1-22(2,3)17-9-8-10-19(15-17)26-14-13-23(4,5)18-11-12-20(24-6)21(16-18)25-7/h8-12,15-16H,13-14H2,1-7H3. The molecule has 0 heterocycles. The van der Waals surface area contributed by atoms with Crippen LogP contribution in [0.4, 0.5) is 0 Å². The van der Waals surface area contributed by atoms with Gasteiger partial charge in [0.05, 0.1) is 20.8 Å². The number of methoxy groups -OCH3 is 2. The van der Waals surface area contributed by atoms with E-state index in [-0.39, 0.29) is 10.8 Å². The first-order chi connectivity index (χ1) is 12.2. The lowest BCUT2D eigenvalue weighted by Gasteiger charge is -2.26. The van der Waals surface area contributed by atoms with Gasteiger partial charge in [-0.25, -0.2) is 0 Å². The number of hydrogen-bond donors (Lipinski definition) is 0. The molecule has 0 unspecified atom stereocenters. The Morgan fingerprint density at radius 3 is 2.08 bits per heavy atom. The summed E-state index contributed by atoms with van der Waals surface area (Å²) in [6.45, 7) is 11.8. The summed E-state index contributed by atoms with van der Waals surface area (Å²) < 4.78 is 16.8. The predicted molar refractivity (Wildman–Crippen MR) is 108 cm³/mol. The highest BCUT2D eigenvalue weighted by Gasteiger charge is 2.22. The Bertz CT molecular complexity index is 726. The van der Waals surface area contributed by atoms with Crippen LogP contribution in [0.2, 0.25) is 0 Å². The third-order valence-electron chi connectivity index (χ3n) is 4.86. The summed E-state index contributed by atoms with van der Waals surface area (Å²) >= 11 is 0. The van der Waals surface area contributed by atoms with E-state index >= 15 is 0 Å². The molecule has 2 aromatic rings. The third-order valence-corrected chi connectivity index (χ3v) is 4.86. The van der Waals surface area contributed by atoms with E-state index in [1.807, 2.05) is 12.1 Å². The molecule has 0 aromatic heterocycles. The first-order valence-electron chi connectivity index (χ1n) is 9.13. The first kappa shape index (κ1) is 20.2. The van der Waals surface area contributed by atoms with Crippen molar-refractivity contribution in [3.05, 3.63) is 53.6 Å². The minimum Gasteiger partial charge on any atom is -0.494 e. The quantitative estimate of drug-likeness (QED) is 0.632. The Hall–Kier alpha value is -2.16. The van der Waals surface area contributed by atoms with Crippen molar-refractivity contribution in [3.63, 3.8) is 0 Å². The van der Waals surface area contributed by atoms with E-state index in [0.717, 1.165) is 23.7 Å². The van der Waals surface area contributed by atoms with Crippen LogP contribution in [0.3, 0.4) is 0 Å². The van der Waals surface area contributed by atoms with Gasteiger partial charge >= 0.3 is 0 Å². The maximum Gasteiger partial charge on any atom is 0.161 e. The number of benzene rings is 2. The van der Waals surface area contributed by atoms with Gasteiger partial charge in [-0.1, -0.05) is 52.8 Å². The molecule has 0 spiro atoms. The molecule has 0 N–H and O–H groups in total. The minimum atomic E-state index is -0.0266. The average molecular weight is 357 g/mol. The highest BCUT2D eigenvalue weighted by Crippen LogP contribution is 2.35. The Kier molecular flexibility index (Phi) is 6.22. The molecule has 0 amide bonds. The van der Waals surface area contributed by atoms with Crippen molar-refractivity contribution in [1.29, 1.82) is 0 Å². The fourth-order valence-electron chi connectivity index (χ4n) is 2.88. The van der Waals surface area contributed by atoms with Crippen molar-refractivity contribution >= 4 is 0 Å². The van der Waals surface area contributed by atoms with Crippen LogP contribution in [0, 0.1) is 0 Å². The smallest absolute Gasteiger partial charge is 0.161 e. The lowest BCUT2D eigenvalue weighted by atomic mass is 9.81. The lowest BCUT2D eigenvalue weighted by Crippen LogP contribution is -2.21. The first-order valence-corrected chi connectivity index (χ1v) is 9.13. The number of rotatable bonds is 7. The molecule has 2 rings (SSSR count). The molecule has 26 heavy (non-hydrogen) atoms. The molecule has 0 bridgehead atoms. The van der Waals surface area contributed by atoms with Crippen LogP contribution < -0.4 is 14.2 Å². The van der Waals surface area contributed by atoms with Gasteiger partial charge in [-0.3, -0.25) is 0 Å². The molecule has 142 valence electrons. The summed E-state index contributed by atoms with van der Waals surface area (Å²) in [6.07, 6.45) is 0.905. The molecule has 0 aliphatic rings. The highest BCUT2D eigenvalue weighted by atomic mass is 16.5. The van der Waals surface area contributed by atoms with Gasteiger partial charge in [0.1, 0.15) is 5.75 Å². The fraction of sp³-hybridized carbons (Fsp3) is 0.478. The maximum absolute atomic E-state index is 6.04. The van der Waals surface area contributed by atoms with Crippen LogP contribution >= 0.6 is 0 Å². The molecule has 0 fully saturated rings. The predicted octanol–water partition coefficient (Wildman–Crippen LogP) is 5.75. The van der Waals surface area contributed by atoms with Gasteiger partial charge in [0.25, 0.3) is 0 Å². The van der Waals surface area contributed by atoms with Crippen LogP contribution in [0.25, 0.3) is 0 Å². The zero-order valence-electron chi connectivity index (χ0n) is 17.2. The van der Waals surface area contributed by atoms with E-state index in [4.69, 9.17) is 14.2 Å². The van der Waals surface area contributed by atoms with Crippen LogP contribution in [0.5, 0.6) is 17.2 Å². The second-order valence-electron chi connectivity index (χ2n) is 8.33. The average Bonchev–Trinajstić information content (AvgIpc) is 2.60. The van der Waals surface area contributed by atoms with E-state index in [0.29, 0.717) is 6.61 Å². The summed E-state index contributed by atoms with van der Waals surface area (Å²) in [5, 5.41) is 0. The summed E-state index contributed by atoms with van der Waals surface area (Å²) in [7, 11) is 3.32. The summed E-state index contributed by atoms with van der Waals surface area (Å²) in [4.78, 5) is 0. The van der Waals surface area contributed by atoms with Gasteiger partial charge < -0.3 is 14.2 Å². The molecule has 0 saturated heterocycles. The molecule has 0 atom stereocenters. The van der Waals surface area contributed by atoms with E-state index in [2.05, 4.69) is 65.0 Å². The summed E-state index contributed by atoms with van der Waals surface area (Å²) in [5.41, 5.74) is 2.59. The minimum absolute atomic E-state index is 0.0266. The fourth-order valence-corrected chi connectivity index (χ4v) is 2.88. The van der Waals surface area contributed by atoms with Crippen LogP contribution in [0.1, 0.15) is 52.2 Å². The van der Waals surface area contributed by atoms with E-state index in [1.54, 1.807) is 14.2 Å². The summed E-state index contributed by atoms with van der Waals surface area (Å²) in [6, 6.07) is 14.5. The van der Waals surface area contributed by atoms with Crippen LogP contribution in [0.15, 0.2) is 42.5 Å². The van der Waals surface area contributed by atoms with Crippen molar-refractivity contribution in [2.75, 3.05) is 20.8 Å². The van der Waals surface area contributed by atoms with E-state index in [9.17, 15) is 0 Å². The summed E-state index contributed by atoms with van der Waals surface area (Å²) in [5.74, 6) is 2.44. The highest BCUT2D eigenvalue weighted by molar-refractivity contribution is 5.45. The molecule has 3 heteroatoms. The lowest BCUT2D eigenvalue weighted by molar-refractivity contribution is 0.271.